The number of rotatable bonds is 9. The Labute approximate surface area is 180 Å². The van der Waals surface area contributed by atoms with E-state index in [1.54, 1.807) is 7.11 Å². The summed E-state index contributed by atoms with van der Waals surface area (Å²) < 4.78 is 5.40. The van der Waals surface area contributed by atoms with Gasteiger partial charge in [0.15, 0.2) is 0 Å². The highest BCUT2D eigenvalue weighted by Crippen LogP contribution is 2.29. The summed E-state index contributed by atoms with van der Waals surface area (Å²) in [7, 11) is 1.63. The zero-order valence-corrected chi connectivity index (χ0v) is 17.4. The van der Waals surface area contributed by atoms with Crippen molar-refractivity contribution < 1.29 is 19.4 Å². The van der Waals surface area contributed by atoms with Gasteiger partial charge in [-0.1, -0.05) is 60.7 Å². The van der Waals surface area contributed by atoms with E-state index in [0.29, 0.717) is 0 Å². The van der Waals surface area contributed by atoms with Crippen LogP contribution in [0.25, 0.3) is 11.1 Å². The van der Waals surface area contributed by atoms with Gasteiger partial charge in [-0.25, -0.2) is 4.79 Å². The van der Waals surface area contributed by atoms with Crippen molar-refractivity contribution in [3.63, 3.8) is 0 Å². The molecule has 0 aliphatic heterocycles. The van der Waals surface area contributed by atoms with Crippen molar-refractivity contribution in [3.05, 3.63) is 84.4 Å². The van der Waals surface area contributed by atoms with Gasteiger partial charge in [0.2, 0.25) is 5.91 Å². The molecule has 0 aromatic heterocycles. The first-order valence-corrected chi connectivity index (χ1v) is 10.5. The Hall–Kier alpha value is -3.25. The van der Waals surface area contributed by atoms with Crippen LogP contribution in [-0.4, -0.2) is 35.9 Å². The zero-order chi connectivity index (χ0) is 21.3. The van der Waals surface area contributed by atoms with E-state index in [-0.39, 0.29) is 18.1 Å². The summed E-state index contributed by atoms with van der Waals surface area (Å²) in [6, 6.07) is 23.9. The molecule has 0 radical (unpaired) electrons. The lowest BCUT2D eigenvalue weighted by Crippen LogP contribution is -2.43. The predicted molar refractivity (Wildman–Crippen MR) is 119 cm³/mol. The third-order valence-electron chi connectivity index (χ3n) is 4.56. The van der Waals surface area contributed by atoms with E-state index in [1.165, 1.54) is 11.8 Å². The van der Waals surface area contributed by atoms with Gasteiger partial charge in [0, 0.05) is 16.9 Å². The number of carboxylic acid groups (broad SMARTS) is 1. The molecule has 6 heteroatoms. The Bertz CT molecular complexity index is 990. The molecule has 3 rings (SSSR count). The van der Waals surface area contributed by atoms with Crippen molar-refractivity contribution in [1.29, 1.82) is 0 Å². The predicted octanol–water partition coefficient (Wildman–Crippen LogP) is 4.27. The topological polar surface area (TPSA) is 75.6 Å². The first kappa shape index (κ1) is 21.5. The van der Waals surface area contributed by atoms with Crippen LogP contribution >= 0.6 is 11.8 Å². The lowest BCUT2D eigenvalue weighted by Gasteiger charge is -2.15. The Kier molecular flexibility index (Phi) is 7.51. The molecule has 0 spiro atoms. The smallest absolute Gasteiger partial charge is 0.326 e. The second kappa shape index (κ2) is 10.5. The molecule has 0 unspecified atom stereocenters. The van der Waals surface area contributed by atoms with Gasteiger partial charge in [0.05, 0.1) is 12.9 Å². The van der Waals surface area contributed by atoms with E-state index in [2.05, 4.69) is 5.32 Å². The van der Waals surface area contributed by atoms with Crippen LogP contribution in [0.5, 0.6) is 5.75 Å². The van der Waals surface area contributed by atoms with Gasteiger partial charge in [-0.05, 0) is 29.3 Å². The molecule has 0 bridgehead atoms. The number of amides is 1. The van der Waals surface area contributed by atoms with Crippen molar-refractivity contribution in [3.8, 4) is 16.9 Å². The van der Waals surface area contributed by atoms with Gasteiger partial charge in [-0.2, -0.15) is 0 Å². The largest absolute Gasteiger partial charge is 0.496 e. The van der Waals surface area contributed by atoms with Crippen molar-refractivity contribution in [2.24, 2.45) is 0 Å². The molecule has 2 N–H and O–H groups in total. The number of ether oxygens (including phenoxy) is 1. The van der Waals surface area contributed by atoms with Crippen LogP contribution in [0.15, 0.2) is 83.8 Å². The molecular formula is C24H23NO4S. The van der Waals surface area contributed by atoms with Crippen LogP contribution in [0.3, 0.4) is 0 Å². The first-order valence-electron chi connectivity index (χ1n) is 9.49. The number of carbonyl (C=O) groups excluding carboxylic acids is 1. The minimum absolute atomic E-state index is 0.167. The molecule has 0 saturated carbocycles. The molecule has 154 valence electrons. The van der Waals surface area contributed by atoms with Gasteiger partial charge in [-0.15, -0.1) is 11.8 Å². The van der Waals surface area contributed by atoms with Gasteiger partial charge in [0.25, 0.3) is 0 Å². The number of hydrogen-bond donors (Lipinski definition) is 2. The highest BCUT2D eigenvalue weighted by molar-refractivity contribution is 8.00. The molecule has 1 atom stereocenters. The van der Waals surface area contributed by atoms with Gasteiger partial charge >= 0.3 is 5.97 Å². The average Bonchev–Trinajstić information content (AvgIpc) is 2.78. The fourth-order valence-corrected chi connectivity index (χ4v) is 3.77. The number of benzene rings is 3. The first-order chi connectivity index (χ1) is 14.6. The second-order valence-electron chi connectivity index (χ2n) is 6.66. The minimum Gasteiger partial charge on any atom is -0.496 e. The van der Waals surface area contributed by atoms with Crippen molar-refractivity contribution >= 4 is 23.6 Å². The minimum atomic E-state index is -1.05. The molecule has 30 heavy (non-hydrogen) atoms. The van der Waals surface area contributed by atoms with E-state index in [4.69, 9.17) is 4.74 Å². The fourth-order valence-electron chi connectivity index (χ4n) is 3.04. The molecule has 0 aliphatic carbocycles. The summed E-state index contributed by atoms with van der Waals surface area (Å²) in [5.74, 6) is -0.416. The average molecular weight is 422 g/mol. The summed E-state index contributed by atoms with van der Waals surface area (Å²) in [6.45, 7) is 0. The molecule has 0 fully saturated rings. The maximum Gasteiger partial charge on any atom is 0.326 e. The van der Waals surface area contributed by atoms with Crippen LogP contribution in [0, 0.1) is 0 Å². The molecule has 0 aliphatic rings. The monoisotopic (exact) mass is 421 g/mol. The molecule has 3 aromatic carbocycles. The van der Waals surface area contributed by atoms with Crippen molar-refractivity contribution in [2.45, 2.75) is 17.4 Å². The third-order valence-corrected chi connectivity index (χ3v) is 5.57. The standard InChI is InChI=1S/C24H23NO4S/c1-29-22-10-6-5-9-20(22)18-13-11-17(12-14-18)15-21(24(27)28)25-23(26)16-30-19-7-3-2-4-8-19/h2-14,21H,15-16H2,1H3,(H,25,26)(H,27,28)/t21-/m0/s1. The summed E-state index contributed by atoms with van der Waals surface area (Å²) in [6.07, 6.45) is 0.212. The van der Waals surface area contributed by atoms with Crippen molar-refractivity contribution in [2.75, 3.05) is 12.9 Å². The van der Waals surface area contributed by atoms with Crippen LogP contribution in [0.1, 0.15) is 5.56 Å². The lowest BCUT2D eigenvalue weighted by molar-refractivity contribution is -0.141. The molecule has 1 amide bonds. The van der Waals surface area contributed by atoms with Crippen LogP contribution < -0.4 is 10.1 Å². The molecule has 0 heterocycles. The highest BCUT2D eigenvalue weighted by atomic mass is 32.2. The number of nitrogens with one attached hydrogen (secondary N) is 1. The van der Waals surface area contributed by atoms with Gasteiger partial charge in [-0.3, -0.25) is 4.79 Å². The van der Waals surface area contributed by atoms with Crippen LogP contribution in [0.4, 0.5) is 0 Å². The van der Waals surface area contributed by atoms with E-state index in [0.717, 1.165) is 27.3 Å². The lowest BCUT2D eigenvalue weighted by atomic mass is 10.00. The number of para-hydroxylation sites is 1. The Morgan fingerprint density at radius 1 is 0.967 bits per heavy atom. The summed E-state index contributed by atoms with van der Waals surface area (Å²) in [4.78, 5) is 24.8. The number of carboxylic acids is 1. The molecule has 5 nitrogen and oxygen atoms in total. The van der Waals surface area contributed by atoms with Crippen molar-refractivity contribution in [1.82, 2.24) is 5.32 Å². The second-order valence-corrected chi connectivity index (χ2v) is 7.71. The third kappa shape index (κ3) is 5.87. The Balaban J connectivity index is 1.62. The molecule has 3 aromatic rings. The van der Waals surface area contributed by atoms with E-state index < -0.39 is 12.0 Å². The molecule has 0 saturated heterocycles. The highest BCUT2D eigenvalue weighted by Gasteiger charge is 2.20. The number of thioether (sulfide) groups is 1. The maximum atomic E-state index is 12.2. The number of aliphatic carboxylic acids is 1. The van der Waals surface area contributed by atoms with Gasteiger partial charge < -0.3 is 15.2 Å². The normalized spacial score (nSPS) is 11.5. The summed E-state index contributed by atoms with van der Waals surface area (Å²) >= 11 is 1.37. The number of hydrogen-bond acceptors (Lipinski definition) is 4. The summed E-state index contributed by atoms with van der Waals surface area (Å²) in [5.41, 5.74) is 2.77. The van der Waals surface area contributed by atoms with Crippen LogP contribution in [-0.2, 0) is 16.0 Å². The van der Waals surface area contributed by atoms with E-state index >= 15 is 0 Å². The number of carbonyl (C=O) groups is 2. The Morgan fingerprint density at radius 2 is 1.63 bits per heavy atom. The van der Waals surface area contributed by atoms with Crippen LogP contribution in [0.2, 0.25) is 0 Å². The SMILES string of the molecule is COc1ccccc1-c1ccc(C[C@H](NC(=O)CSc2ccccc2)C(=O)O)cc1. The maximum absolute atomic E-state index is 12.2. The Morgan fingerprint density at radius 3 is 2.30 bits per heavy atom. The van der Waals surface area contributed by atoms with Gasteiger partial charge in [0.1, 0.15) is 11.8 Å². The van der Waals surface area contributed by atoms with E-state index in [1.807, 2.05) is 78.9 Å². The fraction of sp³-hybridized carbons (Fsp3) is 0.167. The quantitative estimate of drug-likeness (QED) is 0.505. The molecular weight excluding hydrogens is 398 g/mol. The summed E-state index contributed by atoms with van der Waals surface area (Å²) in [5, 5.41) is 12.2. The zero-order valence-electron chi connectivity index (χ0n) is 16.6. The van der Waals surface area contributed by atoms with E-state index in [9.17, 15) is 14.7 Å². The number of methoxy groups -OCH3 is 1.